The van der Waals surface area contributed by atoms with Gasteiger partial charge in [0.05, 0.1) is 19.4 Å². The molecule has 3 N–H and O–H groups in total. The van der Waals surface area contributed by atoms with Crippen molar-refractivity contribution in [1.82, 2.24) is 20.9 Å². The maximum absolute atomic E-state index is 12.6. The molecule has 186 valence electrons. The number of furan rings is 1. The molecule has 0 saturated heterocycles. The van der Waals surface area contributed by atoms with E-state index < -0.39 is 6.03 Å². The third-order valence-electron chi connectivity index (χ3n) is 6.23. The van der Waals surface area contributed by atoms with E-state index in [1.54, 1.807) is 24.5 Å². The van der Waals surface area contributed by atoms with E-state index in [4.69, 9.17) is 4.42 Å². The molecule has 0 unspecified atom stereocenters. The molecule has 4 rings (SSSR count). The molecule has 0 atom stereocenters. The van der Waals surface area contributed by atoms with Crippen LogP contribution in [0.25, 0.3) is 0 Å². The Hall–Kier alpha value is -3.39. The third kappa shape index (κ3) is 8.40. The van der Waals surface area contributed by atoms with Crippen LogP contribution in [0.15, 0.2) is 58.7 Å². The Labute approximate surface area is 206 Å². The summed E-state index contributed by atoms with van der Waals surface area (Å²) in [7, 11) is 0. The van der Waals surface area contributed by atoms with Crippen molar-refractivity contribution in [3.05, 3.63) is 71.2 Å². The molecule has 8 heteroatoms. The minimum atomic E-state index is -0.476. The van der Waals surface area contributed by atoms with Crippen LogP contribution in [-0.2, 0) is 17.9 Å². The molecule has 0 spiro atoms. The lowest BCUT2D eigenvalue weighted by molar-refractivity contribution is -0.121. The summed E-state index contributed by atoms with van der Waals surface area (Å²) in [5, 5.41) is 8.19. The van der Waals surface area contributed by atoms with Crippen LogP contribution < -0.4 is 16.0 Å². The lowest BCUT2D eigenvalue weighted by Crippen LogP contribution is -2.44. The van der Waals surface area contributed by atoms with E-state index in [9.17, 15) is 14.4 Å². The van der Waals surface area contributed by atoms with Crippen molar-refractivity contribution in [3.63, 3.8) is 0 Å². The number of nitrogens with one attached hydrogen (secondary N) is 3. The number of urea groups is 1. The minimum Gasteiger partial charge on any atom is -0.468 e. The second kappa shape index (κ2) is 12.4. The fourth-order valence-corrected chi connectivity index (χ4v) is 4.19. The van der Waals surface area contributed by atoms with Crippen LogP contribution in [0.2, 0.25) is 0 Å². The first-order valence-electron chi connectivity index (χ1n) is 12.5. The molecule has 0 bridgehead atoms. The first-order chi connectivity index (χ1) is 17.0. The topological polar surface area (TPSA) is 104 Å². The van der Waals surface area contributed by atoms with Gasteiger partial charge in [-0.25, -0.2) is 4.79 Å². The number of allylic oxidation sites excluding steroid dienone is 1. The summed E-state index contributed by atoms with van der Waals surface area (Å²) >= 11 is 0. The molecule has 1 aromatic heterocycles. The molecule has 1 fully saturated rings. The van der Waals surface area contributed by atoms with E-state index in [1.807, 2.05) is 23.1 Å². The van der Waals surface area contributed by atoms with Crippen molar-refractivity contribution in [1.29, 1.82) is 0 Å². The molecular weight excluding hydrogens is 444 g/mol. The first-order valence-corrected chi connectivity index (χ1v) is 12.5. The van der Waals surface area contributed by atoms with Gasteiger partial charge in [-0.2, -0.15) is 0 Å². The number of amides is 4. The Bertz CT molecular complexity index is 1030. The van der Waals surface area contributed by atoms with Crippen LogP contribution in [-0.4, -0.2) is 41.9 Å². The highest BCUT2D eigenvalue weighted by Gasteiger charge is 2.23. The Kier molecular flexibility index (Phi) is 8.73. The Morgan fingerprint density at radius 1 is 1.03 bits per heavy atom. The molecule has 0 radical (unpaired) electrons. The Balaban J connectivity index is 1.27. The number of nitrogens with zero attached hydrogens (tertiary/aromatic N) is 1. The van der Waals surface area contributed by atoms with Gasteiger partial charge < -0.3 is 15.1 Å². The van der Waals surface area contributed by atoms with Crippen LogP contribution in [0, 0.1) is 0 Å². The van der Waals surface area contributed by atoms with Gasteiger partial charge in [-0.1, -0.05) is 23.8 Å². The predicted octanol–water partition coefficient (Wildman–Crippen LogP) is 3.89. The van der Waals surface area contributed by atoms with Crippen molar-refractivity contribution < 1.29 is 18.8 Å². The summed E-state index contributed by atoms with van der Waals surface area (Å²) in [5.74, 6) is 0.284. The summed E-state index contributed by atoms with van der Waals surface area (Å²) < 4.78 is 5.46. The second-order valence-corrected chi connectivity index (χ2v) is 9.33. The van der Waals surface area contributed by atoms with Crippen LogP contribution in [0.1, 0.15) is 66.6 Å². The van der Waals surface area contributed by atoms with Gasteiger partial charge in [-0.3, -0.25) is 19.8 Å². The van der Waals surface area contributed by atoms with Gasteiger partial charge in [0, 0.05) is 24.7 Å². The largest absolute Gasteiger partial charge is 0.468 e. The van der Waals surface area contributed by atoms with Crippen molar-refractivity contribution in [2.75, 3.05) is 13.1 Å². The van der Waals surface area contributed by atoms with Crippen molar-refractivity contribution in [3.8, 4) is 0 Å². The van der Waals surface area contributed by atoms with Crippen molar-refractivity contribution in [2.45, 2.75) is 64.1 Å². The van der Waals surface area contributed by atoms with E-state index in [2.05, 4.69) is 22.0 Å². The Morgan fingerprint density at radius 2 is 1.86 bits per heavy atom. The van der Waals surface area contributed by atoms with E-state index in [0.29, 0.717) is 31.2 Å². The SMILES string of the molecule is O=C(CN(Cc1ccc(C(=O)NC2CC2)cc1)Cc1ccco1)NC(=O)NCCC1=CCCCC1. The quantitative estimate of drug-likeness (QED) is 0.425. The highest BCUT2D eigenvalue weighted by Crippen LogP contribution is 2.20. The molecule has 4 amide bonds. The third-order valence-corrected chi connectivity index (χ3v) is 6.23. The summed E-state index contributed by atoms with van der Waals surface area (Å²) in [4.78, 5) is 38.9. The zero-order valence-electron chi connectivity index (χ0n) is 20.1. The van der Waals surface area contributed by atoms with Gasteiger partial charge in [0.2, 0.25) is 5.91 Å². The van der Waals surface area contributed by atoms with Gasteiger partial charge in [-0.15, -0.1) is 0 Å². The summed E-state index contributed by atoms with van der Waals surface area (Å²) in [6.45, 7) is 1.43. The van der Waals surface area contributed by atoms with E-state index in [1.165, 1.54) is 18.4 Å². The lowest BCUT2D eigenvalue weighted by atomic mass is 9.97. The van der Waals surface area contributed by atoms with Crippen LogP contribution in [0.4, 0.5) is 4.79 Å². The standard InChI is InChI=1S/C27H34N4O4/c32-25(30-27(34)28-15-14-20-5-2-1-3-6-20)19-31(18-24-7-4-16-35-24)17-21-8-10-22(11-9-21)26(33)29-23-12-13-23/h4-5,7-11,16,23H,1-3,6,12-15,17-19H2,(H,29,33)(H2,28,30,32,34). The van der Waals surface area contributed by atoms with Gasteiger partial charge in [0.15, 0.2) is 0 Å². The maximum atomic E-state index is 12.6. The number of rotatable bonds is 11. The van der Waals surface area contributed by atoms with E-state index >= 15 is 0 Å². The molecule has 1 heterocycles. The molecule has 2 aliphatic rings. The summed E-state index contributed by atoms with van der Waals surface area (Å²) in [5.41, 5.74) is 2.96. The van der Waals surface area contributed by atoms with Crippen LogP contribution in [0.3, 0.4) is 0 Å². The van der Waals surface area contributed by atoms with Crippen LogP contribution >= 0.6 is 0 Å². The van der Waals surface area contributed by atoms with E-state index in [0.717, 1.165) is 43.4 Å². The highest BCUT2D eigenvalue weighted by molar-refractivity contribution is 5.95. The lowest BCUT2D eigenvalue weighted by Gasteiger charge is -2.21. The van der Waals surface area contributed by atoms with Crippen LogP contribution in [0.5, 0.6) is 0 Å². The summed E-state index contributed by atoms with van der Waals surface area (Å²) in [6.07, 6.45) is 11.4. The maximum Gasteiger partial charge on any atom is 0.321 e. The second-order valence-electron chi connectivity index (χ2n) is 9.33. The number of imide groups is 1. The zero-order chi connectivity index (χ0) is 24.5. The Morgan fingerprint density at radius 3 is 2.54 bits per heavy atom. The molecule has 35 heavy (non-hydrogen) atoms. The molecule has 0 aliphatic heterocycles. The molecule has 2 aliphatic carbocycles. The molecular formula is C27H34N4O4. The van der Waals surface area contributed by atoms with Gasteiger partial charge in [0.25, 0.3) is 5.91 Å². The molecule has 1 aromatic carbocycles. The monoisotopic (exact) mass is 478 g/mol. The van der Waals surface area contributed by atoms with Gasteiger partial charge in [-0.05, 0) is 74.8 Å². The smallest absolute Gasteiger partial charge is 0.321 e. The molecule has 8 nitrogen and oxygen atoms in total. The average molecular weight is 479 g/mol. The van der Waals surface area contributed by atoms with Gasteiger partial charge >= 0.3 is 6.03 Å². The summed E-state index contributed by atoms with van der Waals surface area (Å²) in [6, 6.07) is 10.9. The van der Waals surface area contributed by atoms with Gasteiger partial charge in [0.1, 0.15) is 5.76 Å². The number of carbonyl (C=O) groups is 3. The number of carbonyl (C=O) groups excluding carboxylic acids is 3. The molecule has 2 aromatic rings. The molecule has 1 saturated carbocycles. The van der Waals surface area contributed by atoms with Crippen molar-refractivity contribution in [2.24, 2.45) is 0 Å². The predicted molar refractivity (Wildman–Crippen MR) is 132 cm³/mol. The minimum absolute atomic E-state index is 0.0309. The zero-order valence-corrected chi connectivity index (χ0v) is 20.1. The first kappa shape index (κ1) is 24.7. The fraction of sp³-hybridized carbons (Fsp3) is 0.444. The number of hydrogen-bond acceptors (Lipinski definition) is 5. The van der Waals surface area contributed by atoms with Crippen molar-refractivity contribution >= 4 is 17.8 Å². The average Bonchev–Trinajstić information content (AvgIpc) is 3.51. The number of hydrogen-bond donors (Lipinski definition) is 3. The fourth-order valence-electron chi connectivity index (χ4n) is 4.19. The normalized spacial score (nSPS) is 15.4. The van der Waals surface area contributed by atoms with E-state index in [-0.39, 0.29) is 18.4 Å². The highest BCUT2D eigenvalue weighted by atomic mass is 16.3. The number of benzene rings is 1.